The third-order valence-corrected chi connectivity index (χ3v) is 3.54. The number of aromatic amines is 1. The number of aromatic nitrogens is 2. The first kappa shape index (κ1) is 13.2. The molecular weight excluding hydrogens is 230 g/mol. The predicted molar refractivity (Wildman–Crippen MR) is 69.7 cm³/mol. The molecule has 2 heterocycles. The number of hydrogen-bond donors (Lipinski definition) is 2. The number of nitrogens with one attached hydrogen (secondary N) is 2. The lowest BCUT2D eigenvalue weighted by molar-refractivity contribution is 0.111. The topological polar surface area (TPSA) is 67.0 Å². The third-order valence-electron chi connectivity index (χ3n) is 3.54. The van der Waals surface area contributed by atoms with Gasteiger partial charge in [0.15, 0.2) is 0 Å². The fourth-order valence-electron chi connectivity index (χ4n) is 2.60. The lowest BCUT2D eigenvalue weighted by Crippen LogP contribution is -2.39. The number of rotatable bonds is 3. The molecule has 3 unspecified atom stereocenters. The zero-order valence-corrected chi connectivity index (χ0v) is 11.4. The Hall–Kier alpha value is -1.20. The van der Waals surface area contributed by atoms with Crippen molar-refractivity contribution in [2.75, 3.05) is 6.61 Å². The summed E-state index contributed by atoms with van der Waals surface area (Å²) in [5, 5.41) is 3.46. The minimum absolute atomic E-state index is 0.0176. The van der Waals surface area contributed by atoms with Crippen molar-refractivity contribution < 1.29 is 4.74 Å². The van der Waals surface area contributed by atoms with E-state index in [0.717, 1.165) is 24.3 Å². The van der Waals surface area contributed by atoms with Gasteiger partial charge in [-0.3, -0.25) is 4.79 Å². The van der Waals surface area contributed by atoms with E-state index >= 15 is 0 Å². The van der Waals surface area contributed by atoms with Crippen LogP contribution in [0.3, 0.4) is 0 Å². The summed E-state index contributed by atoms with van der Waals surface area (Å²) in [7, 11) is 0. The molecule has 1 aliphatic heterocycles. The maximum atomic E-state index is 12.0. The quantitative estimate of drug-likeness (QED) is 0.847. The van der Waals surface area contributed by atoms with Crippen LogP contribution in [0.15, 0.2) is 4.79 Å². The molecule has 0 spiro atoms. The molecule has 1 aromatic heterocycles. The van der Waals surface area contributed by atoms with Crippen molar-refractivity contribution in [1.82, 2.24) is 15.3 Å². The molecule has 0 radical (unpaired) electrons. The van der Waals surface area contributed by atoms with E-state index in [9.17, 15) is 4.79 Å². The second-order valence-corrected chi connectivity index (χ2v) is 5.01. The van der Waals surface area contributed by atoms with E-state index in [1.54, 1.807) is 6.92 Å². The molecule has 18 heavy (non-hydrogen) atoms. The number of hydrogen-bond acceptors (Lipinski definition) is 4. The highest BCUT2D eigenvalue weighted by molar-refractivity contribution is 5.20. The monoisotopic (exact) mass is 251 g/mol. The Morgan fingerprint density at radius 2 is 2.22 bits per heavy atom. The van der Waals surface area contributed by atoms with Crippen molar-refractivity contribution in [2.45, 2.75) is 52.3 Å². The van der Waals surface area contributed by atoms with Crippen molar-refractivity contribution in [1.29, 1.82) is 0 Å². The fraction of sp³-hybridized carbons (Fsp3) is 0.692. The summed E-state index contributed by atoms with van der Waals surface area (Å²) in [4.78, 5) is 19.1. The molecule has 100 valence electrons. The van der Waals surface area contributed by atoms with Gasteiger partial charge in [-0.2, -0.15) is 0 Å². The van der Waals surface area contributed by atoms with Crippen molar-refractivity contribution in [2.24, 2.45) is 0 Å². The highest BCUT2D eigenvalue weighted by Crippen LogP contribution is 2.18. The fourth-order valence-corrected chi connectivity index (χ4v) is 2.60. The molecule has 1 saturated heterocycles. The van der Waals surface area contributed by atoms with Crippen LogP contribution < -0.4 is 10.9 Å². The van der Waals surface area contributed by atoms with Gasteiger partial charge in [0, 0.05) is 24.4 Å². The van der Waals surface area contributed by atoms with Crippen LogP contribution in [-0.4, -0.2) is 28.7 Å². The second kappa shape index (κ2) is 5.20. The van der Waals surface area contributed by atoms with Crippen LogP contribution in [-0.2, 0) is 4.74 Å². The standard InChI is InChI=1S/C13H21N3O2/c1-7-12(13(17)16-10(4)14-7)8(2)15-11-5-6-18-9(11)3/h8-9,11,15H,5-6H2,1-4H3,(H,14,16,17). The third kappa shape index (κ3) is 2.62. The van der Waals surface area contributed by atoms with Crippen LogP contribution in [0.2, 0.25) is 0 Å². The molecule has 5 heteroatoms. The van der Waals surface area contributed by atoms with Crippen LogP contribution in [0.5, 0.6) is 0 Å². The Bertz CT molecular complexity index is 484. The molecule has 1 aliphatic rings. The largest absolute Gasteiger partial charge is 0.377 e. The molecule has 3 atom stereocenters. The maximum Gasteiger partial charge on any atom is 0.255 e. The predicted octanol–water partition coefficient (Wildman–Crippen LogP) is 1.21. The molecule has 2 rings (SSSR count). The van der Waals surface area contributed by atoms with Crippen LogP contribution in [0.25, 0.3) is 0 Å². The summed E-state index contributed by atoms with van der Waals surface area (Å²) in [6, 6.07) is 0.288. The molecule has 1 fully saturated rings. The van der Waals surface area contributed by atoms with Gasteiger partial charge in [0.25, 0.3) is 5.56 Å². The molecule has 0 saturated carbocycles. The van der Waals surface area contributed by atoms with E-state index in [1.807, 2.05) is 13.8 Å². The summed E-state index contributed by atoms with van der Waals surface area (Å²) in [5.74, 6) is 0.658. The number of nitrogens with zero attached hydrogens (tertiary/aromatic N) is 1. The van der Waals surface area contributed by atoms with Crippen LogP contribution >= 0.6 is 0 Å². The first-order chi connectivity index (χ1) is 8.49. The molecule has 5 nitrogen and oxygen atoms in total. The highest BCUT2D eigenvalue weighted by atomic mass is 16.5. The first-order valence-electron chi connectivity index (χ1n) is 6.44. The van der Waals surface area contributed by atoms with Gasteiger partial charge in [0.2, 0.25) is 0 Å². The summed E-state index contributed by atoms with van der Waals surface area (Å²) >= 11 is 0. The van der Waals surface area contributed by atoms with Gasteiger partial charge in [-0.05, 0) is 34.1 Å². The van der Waals surface area contributed by atoms with Crippen LogP contribution in [0.4, 0.5) is 0 Å². The van der Waals surface area contributed by atoms with E-state index in [-0.39, 0.29) is 17.7 Å². The number of ether oxygens (including phenoxy) is 1. The zero-order valence-electron chi connectivity index (χ0n) is 11.4. The van der Waals surface area contributed by atoms with Crippen molar-refractivity contribution in [3.63, 3.8) is 0 Å². The van der Waals surface area contributed by atoms with Gasteiger partial charge in [-0.25, -0.2) is 4.98 Å². The van der Waals surface area contributed by atoms with Crippen molar-refractivity contribution in [3.05, 3.63) is 27.4 Å². The molecule has 2 N–H and O–H groups in total. The SMILES string of the molecule is Cc1nc(C)c(C(C)NC2CCOC2C)c(=O)[nH]1. The normalized spacial score (nSPS) is 25.3. The Balaban J connectivity index is 2.18. The van der Waals surface area contributed by atoms with Gasteiger partial charge in [0.05, 0.1) is 11.7 Å². The maximum absolute atomic E-state index is 12.0. The highest BCUT2D eigenvalue weighted by Gasteiger charge is 2.27. The van der Waals surface area contributed by atoms with E-state index in [4.69, 9.17) is 4.74 Å². The average Bonchev–Trinajstić information content (AvgIpc) is 2.62. The molecule has 0 amide bonds. The Morgan fingerprint density at radius 1 is 1.50 bits per heavy atom. The van der Waals surface area contributed by atoms with Crippen LogP contribution in [0.1, 0.15) is 43.4 Å². The van der Waals surface area contributed by atoms with Gasteiger partial charge in [0.1, 0.15) is 5.82 Å². The van der Waals surface area contributed by atoms with E-state index in [2.05, 4.69) is 22.2 Å². The summed E-state index contributed by atoms with van der Waals surface area (Å²) in [6.45, 7) is 8.52. The average molecular weight is 251 g/mol. The Labute approximate surface area is 107 Å². The molecular formula is C13H21N3O2. The number of H-pyrrole nitrogens is 1. The second-order valence-electron chi connectivity index (χ2n) is 5.01. The van der Waals surface area contributed by atoms with Crippen molar-refractivity contribution in [3.8, 4) is 0 Å². The Morgan fingerprint density at radius 3 is 2.78 bits per heavy atom. The minimum Gasteiger partial charge on any atom is -0.377 e. The minimum atomic E-state index is -0.0495. The number of aryl methyl sites for hydroxylation is 2. The van der Waals surface area contributed by atoms with E-state index < -0.39 is 0 Å². The summed E-state index contributed by atoms with van der Waals surface area (Å²) in [5.41, 5.74) is 1.47. The van der Waals surface area contributed by atoms with E-state index in [1.165, 1.54) is 0 Å². The van der Waals surface area contributed by atoms with Gasteiger partial charge >= 0.3 is 0 Å². The van der Waals surface area contributed by atoms with Gasteiger partial charge in [-0.1, -0.05) is 0 Å². The molecule has 0 bridgehead atoms. The van der Waals surface area contributed by atoms with E-state index in [0.29, 0.717) is 11.9 Å². The van der Waals surface area contributed by atoms with Crippen LogP contribution in [0, 0.1) is 13.8 Å². The smallest absolute Gasteiger partial charge is 0.255 e. The van der Waals surface area contributed by atoms with Gasteiger partial charge in [-0.15, -0.1) is 0 Å². The lowest BCUT2D eigenvalue weighted by Gasteiger charge is -2.22. The zero-order chi connectivity index (χ0) is 13.3. The lowest BCUT2D eigenvalue weighted by atomic mass is 10.1. The summed E-state index contributed by atoms with van der Waals surface area (Å²) < 4.78 is 5.52. The Kier molecular flexibility index (Phi) is 3.82. The van der Waals surface area contributed by atoms with Crippen molar-refractivity contribution >= 4 is 0 Å². The first-order valence-corrected chi connectivity index (χ1v) is 6.44. The molecule has 0 aromatic carbocycles. The molecule has 0 aliphatic carbocycles. The summed E-state index contributed by atoms with van der Waals surface area (Å²) in [6.07, 6.45) is 1.19. The molecule has 1 aromatic rings. The van der Waals surface area contributed by atoms with Gasteiger partial charge < -0.3 is 15.0 Å².